The van der Waals surface area contributed by atoms with Crippen molar-refractivity contribution in [1.82, 2.24) is 0 Å². The summed E-state index contributed by atoms with van der Waals surface area (Å²) in [6.07, 6.45) is 5.15. The molecule has 1 unspecified atom stereocenters. The SMILES string of the molecule is C#CCOc1ccc(S(=O)O)c(C(=O)c2ccc(C(C)C)cc2)c1. The Morgan fingerprint density at radius 3 is 2.46 bits per heavy atom. The van der Waals surface area contributed by atoms with Crippen molar-refractivity contribution in [2.24, 2.45) is 0 Å². The number of carbonyl (C=O) groups is 1. The quantitative estimate of drug-likeness (QED) is 0.495. The number of ketones is 1. The summed E-state index contributed by atoms with van der Waals surface area (Å²) in [5.74, 6) is 2.73. The Balaban J connectivity index is 2.42. The van der Waals surface area contributed by atoms with Gasteiger partial charge in [-0.3, -0.25) is 4.79 Å². The third-order valence-electron chi connectivity index (χ3n) is 3.55. The van der Waals surface area contributed by atoms with E-state index in [0.717, 1.165) is 5.56 Å². The van der Waals surface area contributed by atoms with Crippen molar-refractivity contribution < 1.29 is 18.3 Å². The number of hydrogen-bond donors (Lipinski definition) is 1. The van der Waals surface area contributed by atoms with Gasteiger partial charge in [-0.05, 0) is 29.7 Å². The topological polar surface area (TPSA) is 63.6 Å². The summed E-state index contributed by atoms with van der Waals surface area (Å²) < 4.78 is 26.2. The van der Waals surface area contributed by atoms with Gasteiger partial charge in [0.15, 0.2) is 16.9 Å². The molecule has 4 nitrogen and oxygen atoms in total. The first-order valence-electron chi connectivity index (χ1n) is 7.40. The van der Waals surface area contributed by atoms with Gasteiger partial charge >= 0.3 is 0 Å². The van der Waals surface area contributed by atoms with Crippen molar-refractivity contribution in [3.63, 3.8) is 0 Å². The molecule has 0 heterocycles. The molecule has 0 aliphatic heterocycles. The minimum atomic E-state index is -2.28. The Kier molecular flexibility index (Phi) is 5.91. The predicted octanol–water partition coefficient (Wildman–Crippen LogP) is 3.63. The maximum atomic E-state index is 12.7. The molecule has 2 aromatic rings. The van der Waals surface area contributed by atoms with Crippen LogP contribution >= 0.6 is 0 Å². The van der Waals surface area contributed by atoms with Crippen molar-refractivity contribution in [3.8, 4) is 18.1 Å². The third kappa shape index (κ3) is 4.10. The van der Waals surface area contributed by atoms with E-state index in [1.807, 2.05) is 12.1 Å². The van der Waals surface area contributed by atoms with Crippen LogP contribution < -0.4 is 4.74 Å². The molecule has 0 aromatic heterocycles. The first-order valence-corrected chi connectivity index (χ1v) is 8.50. The zero-order chi connectivity index (χ0) is 17.7. The minimum Gasteiger partial charge on any atom is -0.481 e. The zero-order valence-corrected chi connectivity index (χ0v) is 14.3. The smallest absolute Gasteiger partial charge is 0.194 e. The second kappa shape index (κ2) is 7.91. The van der Waals surface area contributed by atoms with E-state index in [2.05, 4.69) is 19.8 Å². The average Bonchev–Trinajstić information content (AvgIpc) is 2.59. The fraction of sp³-hybridized carbons (Fsp3) is 0.211. The lowest BCUT2D eigenvalue weighted by molar-refractivity contribution is 0.103. The van der Waals surface area contributed by atoms with E-state index in [4.69, 9.17) is 11.2 Å². The molecule has 0 bridgehead atoms. The number of terminal acetylenes is 1. The molecule has 1 atom stereocenters. The van der Waals surface area contributed by atoms with Crippen molar-refractivity contribution in [1.29, 1.82) is 0 Å². The molecule has 0 aliphatic rings. The van der Waals surface area contributed by atoms with Gasteiger partial charge in [-0.15, -0.1) is 6.42 Å². The fourth-order valence-electron chi connectivity index (χ4n) is 2.23. The molecule has 1 N–H and O–H groups in total. The normalized spacial score (nSPS) is 11.8. The van der Waals surface area contributed by atoms with Crippen LogP contribution in [0.25, 0.3) is 0 Å². The van der Waals surface area contributed by atoms with Crippen LogP contribution in [0.5, 0.6) is 5.75 Å². The lowest BCUT2D eigenvalue weighted by Gasteiger charge is -2.10. The highest BCUT2D eigenvalue weighted by Crippen LogP contribution is 2.24. The van der Waals surface area contributed by atoms with E-state index in [9.17, 15) is 13.6 Å². The summed E-state index contributed by atoms with van der Waals surface area (Å²) in [5.41, 5.74) is 1.69. The molecule has 5 heteroatoms. The average molecular weight is 342 g/mol. The molecular weight excluding hydrogens is 324 g/mol. The summed E-state index contributed by atoms with van der Waals surface area (Å²) >= 11 is -2.28. The lowest BCUT2D eigenvalue weighted by atomic mass is 9.98. The fourth-order valence-corrected chi connectivity index (χ4v) is 2.75. The second-order valence-electron chi connectivity index (χ2n) is 5.51. The summed E-state index contributed by atoms with van der Waals surface area (Å²) in [5, 5.41) is 0. The van der Waals surface area contributed by atoms with Crippen LogP contribution in [0.15, 0.2) is 47.4 Å². The largest absolute Gasteiger partial charge is 0.481 e. The van der Waals surface area contributed by atoms with Gasteiger partial charge in [-0.2, -0.15) is 0 Å². The maximum absolute atomic E-state index is 12.7. The van der Waals surface area contributed by atoms with Crippen molar-refractivity contribution >= 4 is 16.9 Å². The van der Waals surface area contributed by atoms with Crippen molar-refractivity contribution in [2.45, 2.75) is 24.7 Å². The number of rotatable bonds is 6. The second-order valence-corrected chi connectivity index (χ2v) is 6.44. The molecule has 0 saturated heterocycles. The van der Waals surface area contributed by atoms with E-state index in [0.29, 0.717) is 17.2 Å². The molecule has 0 radical (unpaired) electrons. The van der Waals surface area contributed by atoms with Crippen LogP contribution in [-0.4, -0.2) is 21.2 Å². The summed E-state index contributed by atoms with van der Waals surface area (Å²) in [7, 11) is 0. The molecular formula is C19H18O4S. The van der Waals surface area contributed by atoms with Gasteiger partial charge in [-0.1, -0.05) is 44.0 Å². The molecule has 0 aliphatic carbocycles. The Labute approximate surface area is 144 Å². The molecule has 2 aromatic carbocycles. The Hall–Kier alpha value is -2.42. The van der Waals surface area contributed by atoms with Gasteiger partial charge in [0.1, 0.15) is 12.4 Å². The monoisotopic (exact) mass is 342 g/mol. The Morgan fingerprint density at radius 1 is 1.25 bits per heavy atom. The van der Waals surface area contributed by atoms with Crippen molar-refractivity contribution in [2.75, 3.05) is 6.61 Å². The van der Waals surface area contributed by atoms with Crippen LogP contribution in [0.3, 0.4) is 0 Å². The van der Waals surface area contributed by atoms with Gasteiger partial charge in [0, 0.05) is 11.1 Å². The summed E-state index contributed by atoms with van der Waals surface area (Å²) in [4.78, 5) is 12.8. The minimum absolute atomic E-state index is 0.0426. The van der Waals surface area contributed by atoms with Crippen LogP contribution in [0.2, 0.25) is 0 Å². The standard InChI is InChI=1S/C19H18O4S/c1-4-11-23-16-9-10-18(24(21)22)17(12-16)19(20)15-7-5-14(6-8-15)13(2)3/h1,5-10,12-13H,11H2,2-3H3,(H,21,22). The van der Waals surface area contributed by atoms with E-state index in [-0.39, 0.29) is 22.8 Å². The maximum Gasteiger partial charge on any atom is 0.194 e. The van der Waals surface area contributed by atoms with E-state index >= 15 is 0 Å². The number of benzene rings is 2. The van der Waals surface area contributed by atoms with Crippen LogP contribution in [-0.2, 0) is 11.1 Å². The number of carbonyl (C=O) groups excluding carboxylic acids is 1. The van der Waals surface area contributed by atoms with E-state index < -0.39 is 11.1 Å². The molecule has 2 rings (SSSR count). The molecule has 124 valence electrons. The number of ether oxygens (including phenoxy) is 1. The van der Waals surface area contributed by atoms with Crippen LogP contribution in [0.1, 0.15) is 41.3 Å². The van der Waals surface area contributed by atoms with Gasteiger partial charge in [0.05, 0.1) is 4.90 Å². The van der Waals surface area contributed by atoms with Crippen LogP contribution in [0, 0.1) is 12.3 Å². The molecule has 24 heavy (non-hydrogen) atoms. The molecule has 0 fully saturated rings. The zero-order valence-electron chi connectivity index (χ0n) is 13.5. The Bertz CT molecular complexity index is 801. The van der Waals surface area contributed by atoms with Crippen molar-refractivity contribution in [3.05, 3.63) is 59.2 Å². The lowest BCUT2D eigenvalue weighted by Crippen LogP contribution is -2.08. The van der Waals surface area contributed by atoms with E-state index in [1.165, 1.54) is 18.2 Å². The summed E-state index contributed by atoms with van der Waals surface area (Å²) in [6, 6.07) is 11.6. The van der Waals surface area contributed by atoms with Gasteiger partial charge in [0.25, 0.3) is 0 Å². The van der Waals surface area contributed by atoms with Crippen LogP contribution in [0.4, 0.5) is 0 Å². The first-order chi connectivity index (χ1) is 11.4. The summed E-state index contributed by atoms with van der Waals surface area (Å²) in [6.45, 7) is 4.19. The highest BCUT2D eigenvalue weighted by atomic mass is 32.2. The number of hydrogen-bond acceptors (Lipinski definition) is 3. The highest BCUT2D eigenvalue weighted by Gasteiger charge is 2.18. The van der Waals surface area contributed by atoms with Gasteiger partial charge in [0.2, 0.25) is 0 Å². The molecule has 0 spiro atoms. The third-order valence-corrected chi connectivity index (χ3v) is 4.28. The molecule has 0 saturated carbocycles. The highest BCUT2D eigenvalue weighted by molar-refractivity contribution is 7.79. The Morgan fingerprint density at radius 2 is 1.92 bits per heavy atom. The predicted molar refractivity (Wildman–Crippen MR) is 93.8 cm³/mol. The first kappa shape index (κ1) is 17.9. The van der Waals surface area contributed by atoms with Gasteiger partial charge in [-0.25, -0.2) is 4.21 Å². The molecule has 0 amide bonds. The van der Waals surface area contributed by atoms with E-state index in [1.54, 1.807) is 12.1 Å². The van der Waals surface area contributed by atoms with Gasteiger partial charge < -0.3 is 9.29 Å².